The number of fused-ring (bicyclic) bond motifs is 2. The van der Waals surface area contributed by atoms with E-state index in [1.54, 1.807) is 4.90 Å². The van der Waals surface area contributed by atoms with Gasteiger partial charge in [0.05, 0.1) is 5.92 Å². The fourth-order valence-electron chi connectivity index (χ4n) is 4.16. The molecule has 0 saturated carbocycles. The van der Waals surface area contributed by atoms with Crippen LogP contribution in [0, 0.1) is 5.92 Å². The monoisotopic (exact) mass is 439 g/mol. The molecule has 1 fully saturated rings. The van der Waals surface area contributed by atoms with Crippen LogP contribution in [0.5, 0.6) is 11.5 Å². The summed E-state index contributed by atoms with van der Waals surface area (Å²) in [6.45, 7) is 1.62. The van der Waals surface area contributed by atoms with Gasteiger partial charge in [0.1, 0.15) is 0 Å². The standard InChI is InChI=1S/C23H22ClN3O4/c24-17-2-3-19-18(9-17)15(11-25-19)5-6-27-12-16(8-22(27)28)23(29)26-10-14-1-4-20-21(7-14)31-13-30-20/h1-4,7,9,11,16,25H,5-6,8,10,12-13H2,(H,26,29)/t16-/m0/s1. The molecule has 0 radical (unpaired) electrons. The topological polar surface area (TPSA) is 83.7 Å². The summed E-state index contributed by atoms with van der Waals surface area (Å²) < 4.78 is 10.7. The van der Waals surface area contributed by atoms with Crippen LogP contribution < -0.4 is 14.8 Å². The Morgan fingerprint density at radius 1 is 1.19 bits per heavy atom. The van der Waals surface area contributed by atoms with Crippen molar-refractivity contribution in [2.45, 2.75) is 19.4 Å². The average molecular weight is 440 g/mol. The maximum atomic E-state index is 12.6. The highest BCUT2D eigenvalue weighted by molar-refractivity contribution is 6.31. The van der Waals surface area contributed by atoms with E-state index in [-0.39, 0.29) is 30.9 Å². The van der Waals surface area contributed by atoms with E-state index in [1.165, 1.54) is 0 Å². The average Bonchev–Trinajstić information content (AvgIpc) is 3.48. The Morgan fingerprint density at radius 2 is 2.06 bits per heavy atom. The summed E-state index contributed by atoms with van der Waals surface area (Å²) in [6.07, 6.45) is 2.90. The van der Waals surface area contributed by atoms with Crippen LogP contribution in [-0.4, -0.2) is 41.6 Å². The fraction of sp³-hybridized carbons (Fsp3) is 0.304. The van der Waals surface area contributed by atoms with Crippen LogP contribution >= 0.6 is 11.6 Å². The number of likely N-dealkylation sites (tertiary alicyclic amines) is 1. The molecule has 2 aliphatic heterocycles. The van der Waals surface area contributed by atoms with Crippen LogP contribution in [0.1, 0.15) is 17.5 Å². The molecule has 2 N–H and O–H groups in total. The smallest absolute Gasteiger partial charge is 0.231 e. The van der Waals surface area contributed by atoms with Gasteiger partial charge in [0.25, 0.3) is 0 Å². The van der Waals surface area contributed by atoms with Gasteiger partial charge in [-0.15, -0.1) is 0 Å². The first-order valence-corrected chi connectivity index (χ1v) is 10.6. The summed E-state index contributed by atoms with van der Waals surface area (Å²) >= 11 is 6.12. The van der Waals surface area contributed by atoms with Crippen LogP contribution in [0.25, 0.3) is 10.9 Å². The predicted octanol–water partition coefficient (Wildman–Crippen LogP) is 3.26. The Hall–Kier alpha value is -3.19. The van der Waals surface area contributed by atoms with Gasteiger partial charge in [-0.3, -0.25) is 9.59 Å². The fourth-order valence-corrected chi connectivity index (χ4v) is 4.33. The highest BCUT2D eigenvalue weighted by Gasteiger charge is 2.34. The molecule has 31 heavy (non-hydrogen) atoms. The van der Waals surface area contributed by atoms with Gasteiger partial charge >= 0.3 is 0 Å². The molecule has 0 aliphatic carbocycles. The van der Waals surface area contributed by atoms with Crippen LogP contribution in [0.4, 0.5) is 0 Å². The van der Waals surface area contributed by atoms with E-state index in [9.17, 15) is 9.59 Å². The van der Waals surface area contributed by atoms with Gasteiger partial charge in [-0.25, -0.2) is 0 Å². The molecule has 0 bridgehead atoms. The van der Waals surface area contributed by atoms with Gasteiger partial charge in [0.15, 0.2) is 11.5 Å². The number of amides is 2. The molecule has 7 nitrogen and oxygen atoms in total. The van der Waals surface area contributed by atoms with E-state index < -0.39 is 0 Å². The van der Waals surface area contributed by atoms with Crippen molar-refractivity contribution in [2.75, 3.05) is 19.9 Å². The number of rotatable bonds is 6. The van der Waals surface area contributed by atoms with Crippen LogP contribution in [0.15, 0.2) is 42.6 Å². The third-order valence-electron chi connectivity index (χ3n) is 5.87. The van der Waals surface area contributed by atoms with Gasteiger partial charge in [-0.2, -0.15) is 0 Å². The SMILES string of the molecule is O=C(NCc1ccc2c(c1)OCO2)[C@H]1CC(=O)N(CCc2c[nH]c3ccc(Cl)cc23)C1. The lowest BCUT2D eigenvalue weighted by Gasteiger charge is -2.16. The van der Waals surface area contributed by atoms with Gasteiger partial charge in [0, 0.05) is 48.2 Å². The zero-order valence-electron chi connectivity index (χ0n) is 16.8. The maximum Gasteiger partial charge on any atom is 0.231 e. The highest BCUT2D eigenvalue weighted by atomic mass is 35.5. The van der Waals surface area contributed by atoms with E-state index in [2.05, 4.69) is 10.3 Å². The Balaban J connectivity index is 1.16. The molecular weight excluding hydrogens is 418 g/mol. The number of H-pyrrole nitrogens is 1. The zero-order valence-corrected chi connectivity index (χ0v) is 17.6. The number of aromatic nitrogens is 1. The van der Waals surface area contributed by atoms with E-state index in [4.69, 9.17) is 21.1 Å². The highest BCUT2D eigenvalue weighted by Crippen LogP contribution is 2.32. The van der Waals surface area contributed by atoms with Gasteiger partial charge in [-0.05, 0) is 47.9 Å². The summed E-state index contributed by atoms with van der Waals surface area (Å²) in [4.78, 5) is 30.1. The number of aromatic amines is 1. The number of ether oxygens (including phenoxy) is 2. The number of benzene rings is 2. The number of hydrogen-bond donors (Lipinski definition) is 2. The summed E-state index contributed by atoms with van der Waals surface area (Å²) in [5.74, 6) is 0.976. The Kier molecular flexibility index (Phi) is 5.19. The Labute approximate surface area is 184 Å². The second-order valence-electron chi connectivity index (χ2n) is 7.90. The minimum absolute atomic E-state index is 0.0149. The first-order valence-electron chi connectivity index (χ1n) is 10.3. The largest absolute Gasteiger partial charge is 0.454 e. The summed E-state index contributed by atoms with van der Waals surface area (Å²) in [5.41, 5.74) is 3.06. The molecule has 2 aliphatic rings. The normalized spacial score (nSPS) is 17.5. The Bertz CT molecular complexity index is 1160. The van der Waals surface area contributed by atoms with Crippen molar-refractivity contribution >= 4 is 34.3 Å². The minimum Gasteiger partial charge on any atom is -0.454 e. The van der Waals surface area contributed by atoms with Gasteiger partial charge in [0.2, 0.25) is 18.6 Å². The van der Waals surface area contributed by atoms with Crippen molar-refractivity contribution in [3.05, 3.63) is 58.7 Å². The summed E-state index contributed by atoms with van der Waals surface area (Å²) in [7, 11) is 0. The first kappa shape index (κ1) is 19.8. The number of carbonyl (C=O) groups is 2. The third kappa shape index (κ3) is 4.05. The van der Waals surface area contributed by atoms with Crippen molar-refractivity contribution in [2.24, 2.45) is 5.92 Å². The van der Waals surface area contributed by atoms with Crippen molar-refractivity contribution in [1.29, 1.82) is 0 Å². The second-order valence-corrected chi connectivity index (χ2v) is 8.34. The molecule has 1 atom stereocenters. The molecule has 160 valence electrons. The number of hydrogen-bond acceptors (Lipinski definition) is 4. The quantitative estimate of drug-likeness (QED) is 0.617. The molecule has 0 spiro atoms. The summed E-state index contributed by atoms with van der Waals surface area (Å²) in [6, 6.07) is 11.3. The van der Waals surface area contributed by atoms with E-state index in [1.807, 2.05) is 42.6 Å². The maximum absolute atomic E-state index is 12.6. The van der Waals surface area contributed by atoms with Crippen molar-refractivity contribution in [1.82, 2.24) is 15.2 Å². The van der Waals surface area contributed by atoms with Crippen LogP contribution in [0.3, 0.4) is 0 Å². The van der Waals surface area contributed by atoms with Crippen LogP contribution in [0.2, 0.25) is 5.02 Å². The molecule has 1 aromatic heterocycles. The molecule has 8 heteroatoms. The third-order valence-corrected chi connectivity index (χ3v) is 6.10. The number of nitrogens with zero attached hydrogens (tertiary/aromatic N) is 1. The molecule has 2 amide bonds. The zero-order chi connectivity index (χ0) is 21.4. The second kappa shape index (κ2) is 8.15. The molecule has 0 unspecified atom stereocenters. The Morgan fingerprint density at radius 3 is 2.97 bits per heavy atom. The lowest BCUT2D eigenvalue weighted by Crippen LogP contribution is -2.33. The van der Waals surface area contributed by atoms with Crippen LogP contribution in [-0.2, 0) is 22.6 Å². The minimum atomic E-state index is -0.334. The van der Waals surface area contributed by atoms with E-state index in [0.29, 0.717) is 42.6 Å². The molecular formula is C23H22ClN3O4. The van der Waals surface area contributed by atoms with Crippen molar-refractivity contribution < 1.29 is 19.1 Å². The first-order chi connectivity index (χ1) is 15.1. The predicted molar refractivity (Wildman–Crippen MR) is 116 cm³/mol. The molecule has 1 saturated heterocycles. The number of halogens is 1. The number of nitrogens with one attached hydrogen (secondary N) is 2. The van der Waals surface area contributed by atoms with Crippen molar-refractivity contribution in [3.8, 4) is 11.5 Å². The van der Waals surface area contributed by atoms with E-state index >= 15 is 0 Å². The van der Waals surface area contributed by atoms with Gasteiger partial charge in [-0.1, -0.05) is 17.7 Å². The molecule has 3 aromatic rings. The van der Waals surface area contributed by atoms with E-state index in [0.717, 1.165) is 22.0 Å². The molecule has 5 rings (SSSR count). The lowest BCUT2D eigenvalue weighted by atomic mass is 10.1. The number of carbonyl (C=O) groups excluding carboxylic acids is 2. The summed E-state index contributed by atoms with van der Waals surface area (Å²) in [5, 5.41) is 4.69. The molecule has 3 heterocycles. The van der Waals surface area contributed by atoms with Crippen molar-refractivity contribution in [3.63, 3.8) is 0 Å². The van der Waals surface area contributed by atoms with Gasteiger partial charge < -0.3 is 24.7 Å². The lowest BCUT2D eigenvalue weighted by molar-refractivity contribution is -0.129. The molecule has 2 aromatic carbocycles.